The average Bonchev–Trinajstić information content (AvgIpc) is 3.11. The van der Waals surface area contributed by atoms with Crippen LogP contribution in [0.2, 0.25) is 0 Å². The van der Waals surface area contributed by atoms with Crippen LogP contribution in [-0.4, -0.2) is 77.1 Å². The third kappa shape index (κ3) is 4.35. The van der Waals surface area contributed by atoms with Crippen LogP contribution in [-0.2, 0) is 21.2 Å². The molecule has 2 atom stereocenters. The van der Waals surface area contributed by atoms with Gasteiger partial charge in [0.1, 0.15) is 0 Å². The number of rotatable bonds is 5. The molecule has 0 aliphatic carbocycles. The molecule has 3 heterocycles. The molecule has 7 nitrogen and oxygen atoms in total. The molecule has 1 amide bonds. The Morgan fingerprint density at radius 3 is 2.65 bits per heavy atom. The van der Waals surface area contributed by atoms with E-state index in [0.29, 0.717) is 26.1 Å². The zero-order chi connectivity index (χ0) is 18.9. The highest BCUT2D eigenvalue weighted by Crippen LogP contribution is 2.27. The van der Waals surface area contributed by atoms with Crippen molar-refractivity contribution in [3.8, 4) is 0 Å². The molecule has 0 aromatic carbocycles. The van der Waals surface area contributed by atoms with E-state index >= 15 is 0 Å². The summed E-state index contributed by atoms with van der Waals surface area (Å²) in [6.45, 7) is 8.62. The zero-order valence-electron chi connectivity index (χ0n) is 15.8. The number of piperazine rings is 1. The summed E-state index contributed by atoms with van der Waals surface area (Å²) in [5.41, 5.74) is 2.28. The van der Waals surface area contributed by atoms with Gasteiger partial charge in [-0.2, -0.15) is 5.10 Å². The highest BCUT2D eigenvalue weighted by molar-refractivity contribution is 7.91. The van der Waals surface area contributed by atoms with Crippen molar-refractivity contribution in [1.82, 2.24) is 19.6 Å². The van der Waals surface area contributed by atoms with Crippen molar-refractivity contribution in [2.75, 3.05) is 31.1 Å². The third-order valence-electron chi connectivity index (χ3n) is 5.16. The van der Waals surface area contributed by atoms with E-state index in [2.05, 4.69) is 16.1 Å². The average molecular weight is 381 g/mol. The number of fused-ring (bicyclic) bond motifs is 1. The largest absolute Gasteiger partial charge is 0.336 e. The van der Waals surface area contributed by atoms with Crippen LogP contribution in [0.25, 0.3) is 0 Å². The first-order chi connectivity index (χ1) is 12.2. The Kier molecular flexibility index (Phi) is 5.53. The molecule has 144 valence electrons. The van der Waals surface area contributed by atoms with Crippen LogP contribution in [0.15, 0.2) is 24.0 Å². The number of nitrogens with zero attached hydrogens (tertiary/aromatic N) is 4. The Morgan fingerprint density at radius 1 is 1.27 bits per heavy atom. The molecule has 1 aromatic heterocycles. The van der Waals surface area contributed by atoms with Gasteiger partial charge in [-0.3, -0.25) is 14.4 Å². The zero-order valence-corrected chi connectivity index (χ0v) is 16.6. The number of carbonyl (C=O) groups excluding carboxylic acids is 1. The van der Waals surface area contributed by atoms with Gasteiger partial charge in [0.15, 0.2) is 9.84 Å². The van der Waals surface area contributed by atoms with E-state index in [4.69, 9.17) is 0 Å². The number of allylic oxidation sites excluding steroid dienone is 1. The molecule has 26 heavy (non-hydrogen) atoms. The van der Waals surface area contributed by atoms with Crippen molar-refractivity contribution in [1.29, 1.82) is 0 Å². The molecule has 2 aliphatic rings. The maximum absolute atomic E-state index is 12.8. The van der Waals surface area contributed by atoms with E-state index in [9.17, 15) is 13.2 Å². The molecule has 0 saturated carbocycles. The Morgan fingerprint density at radius 2 is 2.00 bits per heavy atom. The van der Waals surface area contributed by atoms with Gasteiger partial charge in [0.05, 0.1) is 23.7 Å². The molecule has 1 aromatic rings. The molecule has 2 aliphatic heterocycles. The van der Waals surface area contributed by atoms with Gasteiger partial charge in [0.25, 0.3) is 0 Å². The fourth-order valence-corrected chi connectivity index (χ4v) is 5.82. The van der Waals surface area contributed by atoms with Gasteiger partial charge in [0.2, 0.25) is 5.91 Å². The predicted octanol–water partition coefficient (Wildman–Crippen LogP) is 0.858. The maximum Gasteiger partial charge on any atom is 0.224 e. The fraction of sp³-hybridized carbons (Fsp3) is 0.667. The van der Waals surface area contributed by atoms with E-state index in [0.717, 1.165) is 12.1 Å². The lowest BCUT2D eigenvalue weighted by Gasteiger charge is -2.43. The third-order valence-corrected chi connectivity index (χ3v) is 6.86. The minimum atomic E-state index is -3.10. The van der Waals surface area contributed by atoms with Crippen LogP contribution in [0.1, 0.15) is 25.8 Å². The Labute approximate surface area is 155 Å². The van der Waals surface area contributed by atoms with Crippen molar-refractivity contribution in [3.63, 3.8) is 0 Å². The molecular weight excluding hydrogens is 352 g/mol. The Balaban J connectivity index is 1.68. The van der Waals surface area contributed by atoms with Gasteiger partial charge < -0.3 is 4.90 Å². The summed E-state index contributed by atoms with van der Waals surface area (Å²) in [4.78, 5) is 16.8. The summed E-state index contributed by atoms with van der Waals surface area (Å²) in [7, 11) is -3.10. The maximum atomic E-state index is 12.8. The topological polar surface area (TPSA) is 75.5 Å². The van der Waals surface area contributed by atoms with Crippen LogP contribution >= 0.6 is 0 Å². The van der Waals surface area contributed by atoms with Crippen LogP contribution < -0.4 is 0 Å². The van der Waals surface area contributed by atoms with Crippen molar-refractivity contribution < 1.29 is 13.2 Å². The molecule has 0 bridgehead atoms. The first-order valence-corrected chi connectivity index (χ1v) is 10.9. The van der Waals surface area contributed by atoms with Crippen molar-refractivity contribution in [3.05, 3.63) is 29.6 Å². The van der Waals surface area contributed by atoms with Crippen molar-refractivity contribution >= 4 is 15.7 Å². The Hall–Kier alpha value is -1.67. The van der Waals surface area contributed by atoms with E-state index in [1.54, 1.807) is 15.8 Å². The van der Waals surface area contributed by atoms with Gasteiger partial charge in [-0.1, -0.05) is 11.6 Å². The second-order valence-corrected chi connectivity index (χ2v) is 9.76. The molecule has 0 unspecified atom stereocenters. The van der Waals surface area contributed by atoms with E-state index in [1.807, 2.05) is 27.0 Å². The number of hydrogen-bond donors (Lipinski definition) is 0. The van der Waals surface area contributed by atoms with Gasteiger partial charge in [-0.25, -0.2) is 8.42 Å². The fourth-order valence-electron chi connectivity index (χ4n) is 3.80. The smallest absolute Gasteiger partial charge is 0.224 e. The number of amides is 1. The molecular formula is C18H28N4O3S. The summed E-state index contributed by atoms with van der Waals surface area (Å²) in [6.07, 6.45) is 6.15. The number of aryl methyl sites for hydroxylation is 2. The molecule has 0 N–H and O–H groups in total. The molecule has 3 rings (SSSR count). The van der Waals surface area contributed by atoms with Gasteiger partial charge >= 0.3 is 0 Å². The normalized spacial score (nSPS) is 25.1. The lowest BCUT2D eigenvalue weighted by atomic mass is 10.0. The minimum absolute atomic E-state index is 0.0205. The second kappa shape index (κ2) is 7.52. The molecule has 2 saturated heterocycles. The predicted molar refractivity (Wildman–Crippen MR) is 101 cm³/mol. The summed E-state index contributed by atoms with van der Waals surface area (Å²) >= 11 is 0. The Bertz CT molecular complexity index is 795. The lowest BCUT2D eigenvalue weighted by molar-refractivity contribution is -0.137. The molecule has 0 radical (unpaired) electrons. The summed E-state index contributed by atoms with van der Waals surface area (Å²) in [5.74, 6) is 0.249. The van der Waals surface area contributed by atoms with Gasteiger partial charge in [-0.05, 0) is 26.3 Å². The van der Waals surface area contributed by atoms with E-state index < -0.39 is 9.84 Å². The first kappa shape index (κ1) is 19.1. The van der Waals surface area contributed by atoms with Crippen molar-refractivity contribution in [2.24, 2.45) is 0 Å². The SMILES string of the molecule is CC(C)=CCN1CCN(C(=O)CCn2cc(C)cn2)[C@@H]2CS(=O)(=O)C[C@@H]21. The van der Waals surface area contributed by atoms with Gasteiger partial charge in [0, 0.05) is 44.8 Å². The van der Waals surface area contributed by atoms with Crippen LogP contribution in [0.3, 0.4) is 0 Å². The van der Waals surface area contributed by atoms with Gasteiger partial charge in [-0.15, -0.1) is 0 Å². The number of aromatic nitrogens is 2. The highest BCUT2D eigenvalue weighted by atomic mass is 32.2. The second-order valence-electron chi connectivity index (χ2n) is 7.61. The monoisotopic (exact) mass is 380 g/mol. The first-order valence-electron chi connectivity index (χ1n) is 9.11. The van der Waals surface area contributed by atoms with E-state index in [-0.39, 0.29) is 29.5 Å². The number of sulfone groups is 1. The lowest BCUT2D eigenvalue weighted by Crippen LogP contribution is -2.60. The molecule has 0 spiro atoms. The molecule has 2 fully saturated rings. The van der Waals surface area contributed by atoms with E-state index in [1.165, 1.54) is 5.57 Å². The van der Waals surface area contributed by atoms with Crippen molar-refractivity contribution in [2.45, 2.75) is 45.8 Å². The molecule has 8 heteroatoms. The number of carbonyl (C=O) groups is 1. The summed E-state index contributed by atoms with van der Waals surface area (Å²) in [5, 5.41) is 4.21. The van der Waals surface area contributed by atoms with Crippen LogP contribution in [0.4, 0.5) is 0 Å². The minimum Gasteiger partial charge on any atom is -0.336 e. The quantitative estimate of drug-likeness (QED) is 0.708. The highest BCUT2D eigenvalue weighted by Gasteiger charge is 2.47. The van der Waals surface area contributed by atoms with Crippen LogP contribution in [0.5, 0.6) is 0 Å². The summed E-state index contributed by atoms with van der Waals surface area (Å²) < 4.78 is 26.2. The standard InChI is InChI=1S/C18H28N4O3S/c1-14(2)4-6-20-8-9-22(17-13-26(24,25)12-16(17)20)18(23)5-7-21-11-15(3)10-19-21/h4,10-11,16-17H,5-9,12-13H2,1-3H3/t16-,17+/m0/s1. The number of hydrogen-bond acceptors (Lipinski definition) is 5. The van der Waals surface area contributed by atoms with Crippen LogP contribution in [0, 0.1) is 6.92 Å². The summed E-state index contributed by atoms with van der Waals surface area (Å²) in [6, 6.07) is -0.327.